The summed E-state index contributed by atoms with van der Waals surface area (Å²) in [6.45, 7) is 0.151. The highest BCUT2D eigenvalue weighted by molar-refractivity contribution is 6.33. The van der Waals surface area contributed by atoms with Crippen molar-refractivity contribution in [3.63, 3.8) is 0 Å². The number of rotatable bonds is 5. The zero-order valence-electron chi connectivity index (χ0n) is 12.4. The molecule has 1 aromatic carbocycles. The summed E-state index contributed by atoms with van der Waals surface area (Å²) in [6.07, 6.45) is -2.15. The van der Waals surface area contributed by atoms with Gasteiger partial charge in [0.25, 0.3) is 5.91 Å². The molecule has 0 radical (unpaired) electrons. The number of aromatic nitrogens is 2. The molecule has 24 heavy (non-hydrogen) atoms. The molecule has 9 heteroatoms. The molecule has 1 fully saturated rings. The van der Waals surface area contributed by atoms with Gasteiger partial charge in [-0.3, -0.25) is 4.79 Å². The molecule has 3 rings (SSSR count). The van der Waals surface area contributed by atoms with Gasteiger partial charge in [0.15, 0.2) is 5.82 Å². The number of alkyl halides is 3. The summed E-state index contributed by atoms with van der Waals surface area (Å²) in [7, 11) is 0. The molecule has 1 aliphatic carbocycles. The fraction of sp³-hybridized carbons (Fsp3) is 0.400. The van der Waals surface area contributed by atoms with Gasteiger partial charge in [0.2, 0.25) is 5.89 Å². The Morgan fingerprint density at radius 1 is 1.38 bits per heavy atom. The molecule has 0 saturated heterocycles. The van der Waals surface area contributed by atoms with E-state index in [0.717, 1.165) is 31.0 Å². The Balaban J connectivity index is 1.59. The largest absolute Gasteiger partial charge is 0.416 e. The van der Waals surface area contributed by atoms with Crippen LogP contribution in [0, 0.1) is 0 Å². The smallest absolute Gasteiger partial charge is 0.351 e. The molecule has 1 heterocycles. The van der Waals surface area contributed by atoms with Gasteiger partial charge < -0.3 is 9.84 Å². The second-order valence-electron chi connectivity index (χ2n) is 5.52. The molecule has 128 valence electrons. The third kappa shape index (κ3) is 3.87. The third-order valence-electron chi connectivity index (χ3n) is 3.59. The molecule has 0 spiro atoms. The van der Waals surface area contributed by atoms with Gasteiger partial charge in [0, 0.05) is 18.9 Å². The zero-order valence-corrected chi connectivity index (χ0v) is 13.1. The number of nitrogens with zero attached hydrogens (tertiary/aromatic N) is 2. The molecule has 1 saturated carbocycles. The Kier molecular flexibility index (Phi) is 4.49. The summed E-state index contributed by atoms with van der Waals surface area (Å²) >= 11 is 5.81. The molecule has 1 N–H and O–H groups in total. The first-order chi connectivity index (χ1) is 11.3. The van der Waals surface area contributed by atoms with Gasteiger partial charge in [-0.15, -0.1) is 0 Å². The zero-order chi connectivity index (χ0) is 17.3. The van der Waals surface area contributed by atoms with Crippen molar-refractivity contribution in [3.8, 4) is 0 Å². The lowest BCUT2D eigenvalue weighted by molar-refractivity contribution is -0.137. The predicted octanol–water partition coefficient (Wildman–Crippen LogP) is 3.59. The average Bonchev–Trinajstić information content (AvgIpc) is 3.26. The summed E-state index contributed by atoms with van der Waals surface area (Å²) in [4.78, 5) is 16.2. The normalized spacial score (nSPS) is 14.7. The topological polar surface area (TPSA) is 68.0 Å². The minimum absolute atomic E-state index is 0.0469. The first-order valence-electron chi connectivity index (χ1n) is 7.32. The average molecular weight is 360 g/mol. The molecule has 1 amide bonds. The van der Waals surface area contributed by atoms with Crippen LogP contribution in [0.2, 0.25) is 5.02 Å². The van der Waals surface area contributed by atoms with Gasteiger partial charge in [-0.25, -0.2) is 0 Å². The van der Waals surface area contributed by atoms with Gasteiger partial charge in [-0.1, -0.05) is 16.8 Å². The minimum atomic E-state index is -4.54. The van der Waals surface area contributed by atoms with Crippen LogP contribution < -0.4 is 5.32 Å². The third-order valence-corrected chi connectivity index (χ3v) is 3.92. The van der Waals surface area contributed by atoms with Crippen LogP contribution in [0.4, 0.5) is 13.2 Å². The standard InChI is InChI=1S/C15H13ClF3N3O2/c16-11-4-3-9(15(17,18)19)7-10(11)14(23)20-6-5-12-21-13(22-24-12)8-1-2-8/h3-4,7-8H,1-2,5-6H2,(H,20,23). The lowest BCUT2D eigenvalue weighted by Gasteiger charge is -2.10. The number of hydrogen-bond acceptors (Lipinski definition) is 4. The SMILES string of the molecule is O=C(NCCc1nc(C2CC2)no1)c1cc(C(F)(F)F)ccc1Cl. The van der Waals surface area contributed by atoms with Crippen molar-refractivity contribution in [1.29, 1.82) is 0 Å². The van der Waals surface area contributed by atoms with Crippen LogP contribution in [0.25, 0.3) is 0 Å². The minimum Gasteiger partial charge on any atom is -0.351 e. The van der Waals surface area contributed by atoms with Crippen molar-refractivity contribution in [2.45, 2.75) is 31.4 Å². The van der Waals surface area contributed by atoms with E-state index in [-0.39, 0.29) is 17.1 Å². The van der Waals surface area contributed by atoms with Gasteiger partial charge in [0.05, 0.1) is 16.1 Å². The lowest BCUT2D eigenvalue weighted by Crippen LogP contribution is -2.26. The first kappa shape index (κ1) is 16.8. The molecule has 5 nitrogen and oxygen atoms in total. The molecule has 0 bridgehead atoms. The van der Waals surface area contributed by atoms with Crippen molar-refractivity contribution < 1.29 is 22.5 Å². The van der Waals surface area contributed by atoms with Crippen molar-refractivity contribution >= 4 is 17.5 Å². The fourth-order valence-corrected chi connectivity index (χ4v) is 2.33. The van der Waals surface area contributed by atoms with E-state index in [2.05, 4.69) is 15.5 Å². The van der Waals surface area contributed by atoms with E-state index in [1.165, 1.54) is 0 Å². The second-order valence-corrected chi connectivity index (χ2v) is 5.93. The maximum atomic E-state index is 12.7. The van der Waals surface area contributed by atoms with Crippen LogP contribution in [0.15, 0.2) is 22.7 Å². The highest BCUT2D eigenvalue weighted by Crippen LogP contribution is 2.38. The van der Waals surface area contributed by atoms with Crippen molar-refractivity contribution in [3.05, 3.63) is 46.1 Å². The van der Waals surface area contributed by atoms with Crippen LogP contribution in [-0.4, -0.2) is 22.6 Å². The number of hydrogen-bond donors (Lipinski definition) is 1. The van der Waals surface area contributed by atoms with E-state index < -0.39 is 17.6 Å². The lowest BCUT2D eigenvalue weighted by atomic mass is 10.1. The maximum Gasteiger partial charge on any atom is 0.416 e. The summed E-state index contributed by atoms with van der Waals surface area (Å²) in [5.74, 6) is 0.721. The second kappa shape index (κ2) is 6.43. The van der Waals surface area contributed by atoms with Gasteiger partial charge in [-0.2, -0.15) is 18.2 Å². The highest BCUT2D eigenvalue weighted by Gasteiger charge is 2.32. The quantitative estimate of drug-likeness (QED) is 0.885. The van der Waals surface area contributed by atoms with Gasteiger partial charge in [-0.05, 0) is 31.0 Å². The Labute approximate surface area is 140 Å². The van der Waals surface area contributed by atoms with Crippen LogP contribution in [0.1, 0.15) is 46.4 Å². The van der Waals surface area contributed by atoms with E-state index in [4.69, 9.17) is 16.1 Å². The van der Waals surface area contributed by atoms with E-state index in [1.807, 2.05) is 0 Å². The Morgan fingerprint density at radius 2 is 2.12 bits per heavy atom. The monoisotopic (exact) mass is 359 g/mol. The molecule has 2 aromatic rings. The summed E-state index contributed by atoms with van der Waals surface area (Å²) in [5, 5.41) is 6.30. The summed E-state index contributed by atoms with van der Waals surface area (Å²) in [5.41, 5.74) is -1.15. The molecule has 0 aliphatic heterocycles. The van der Waals surface area contributed by atoms with E-state index in [9.17, 15) is 18.0 Å². The Hall–Kier alpha value is -2.09. The first-order valence-corrected chi connectivity index (χ1v) is 7.70. The predicted molar refractivity (Wildman–Crippen MR) is 78.8 cm³/mol. The van der Waals surface area contributed by atoms with Gasteiger partial charge >= 0.3 is 6.18 Å². The summed E-state index contributed by atoms with van der Waals surface area (Å²) in [6, 6.07) is 2.62. The van der Waals surface area contributed by atoms with Crippen molar-refractivity contribution in [2.75, 3.05) is 6.54 Å². The van der Waals surface area contributed by atoms with Crippen molar-refractivity contribution in [1.82, 2.24) is 15.5 Å². The number of benzene rings is 1. The fourth-order valence-electron chi connectivity index (χ4n) is 2.13. The molecular weight excluding hydrogens is 347 g/mol. The number of halogens is 4. The molecule has 1 aliphatic rings. The Bertz CT molecular complexity index is 757. The van der Waals surface area contributed by atoms with Gasteiger partial charge in [0.1, 0.15) is 0 Å². The van der Waals surface area contributed by atoms with E-state index >= 15 is 0 Å². The number of amides is 1. The maximum absolute atomic E-state index is 12.7. The molecule has 0 unspecified atom stereocenters. The van der Waals surface area contributed by atoms with Crippen LogP contribution in [0.3, 0.4) is 0 Å². The van der Waals surface area contributed by atoms with Crippen LogP contribution in [0.5, 0.6) is 0 Å². The molecular formula is C15H13ClF3N3O2. The molecule has 1 aromatic heterocycles. The van der Waals surface area contributed by atoms with E-state index in [1.54, 1.807) is 0 Å². The van der Waals surface area contributed by atoms with Crippen LogP contribution in [-0.2, 0) is 12.6 Å². The highest BCUT2D eigenvalue weighted by atomic mass is 35.5. The van der Waals surface area contributed by atoms with E-state index in [0.29, 0.717) is 24.1 Å². The van der Waals surface area contributed by atoms with Crippen LogP contribution >= 0.6 is 11.6 Å². The van der Waals surface area contributed by atoms with Crippen molar-refractivity contribution in [2.24, 2.45) is 0 Å². The number of carbonyl (C=O) groups excluding carboxylic acids is 1. The molecule has 0 atom stereocenters. The number of nitrogens with one attached hydrogen (secondary N) is 1. The Morgan fingerprint density at radius 3 is 2.79 bits per heavy atom. The summed E-state index contributed by atoms with van der Waals surface area (Å²) < 4.78 is 43.2. The number of carbonyl (C=O) groups is 1.